The van der Waals surface area contributed by atoms with Gasteiger partial charge in [-0.25, -0.2) is 0 Å². The van der Waals surface area contributed by atoms with Crippen LogP contribution < -0.4 is 16.4 Å². The maximum Gasteiger partial charge on any atom is 0.197 e. The van der Waals surface area contributed by atoms with Gasteiger partial charge in [0.15, 0.2) is 5.96 Å². The predicted molar refractivity (Wildman–Crippen MR) is 105 cm³/mol. The Labute approximate surface area is 153 Å². The van der Waals surface area contributed by atoms with Crippen molar-refractivity contribution in [3.8, 4) is 0 Å². The fraction of sp³-hybridized carbons (Fsp3) is 0.250. The van der Waals surface area contributed by atoms with Crippen molar-refractivity contribution in [2.75, 3.05) is 6.54 Å². The van der Waals surface area contributed by atoms with Crippen molar-refractivity contribution in [1.82, 2.24) is 10.6 Å². The molecule has 25 heavy (non-hydrogen) atoms. The van der Waals surface area contributed by atoms with Gasteiger partial charge in [0.05, 0.1) is 0 Å². The van der Waals surface area contributed by atoms with E-state index < -0.39 is 5.66 Å². The zero-order valence-corrected chi connectivity index (χ0v) is 15.0. The summed E-state index contributed by atoms with van der Waals surface area (Å²) in [6.07, 6.45) is 4.68. The summed E-state index contributed by atoms with van der Waals surface area (Å²) in [5.41, 5.74) is 8.28. The van der Waals surface area contributed by atoms with E-state index in [0.717, 1.165) is 17.0 Å². The number of nitrogens with zero attached hydrogens (tertiary/aromatic N) is 1. The van der Waals surface area contributed by atoms with Crippen LogP contribution in [0.25, 0.3) is 0 Å². The highest BCUT2D eigenvalue weighted by Gasteiger charge is 2.33. The molecule has 0 aliphatic carbocycles. The van der Waals surface area contributed by atoms with Crippen LogP contribution in [-0.2, 0) is 6.42 Å². The normalized spacial score (nSPS) is 22.3. The zero-order valence-electron chi connectivity index (χ0n) is 14.2. The summed E-state index contributed by atoms with van der Waals surface area (Å²) in [4.78, 5) is 4.61. The lowest BCUT2D eigenvalue weighted by molar-refractivity contribution is 0.403. The number of hydrogen-bond donors (Lipinski definition) is 3. The van der Waals surface area contributed by atoms with Gasteiger partial charge in [-0.3, -0.25) is 4.99 Å². The second-order valence-electron chi connectivity index (χ2n) is 6.27. The molecule has 2 aromatic carbocycles. The molecule has 5 heteroatoms. The SMILES string of the molecule is CC(c1ccc(Cl)cc1)C1(N)C=CNC(=NCCc2ccccc2)N1. The fourth-order valence-electron chi connectivity index (χ4n) is 2.85. The van der Waals surface area contributed by atoms with E-state index >= 15 is 0 Å². The molecule has 0 spiro atoms. The topological polar surface area (TPSA) is 62.4 Å². The van der Waals surface area contributed by atoms with Gasteiger partial charge in [0.1, 0.15) is 5.66 Å². The molecule has 0 fully saturated rings. The Morgan fingerprint density at radius 1 is 1.12 bits per heavy atom. The van der Waals surface area contributed by atoms with Crippen molar-refractivity contribution in [2.45, 2.75) is 24.9 Å². The molecule has 0 aromatic heterocycles. The maximum atomic E-state index is 6.59. The van der Waals surface area contributed by atoms with Crippen LogP contribution in [0.4, 0.5) is 0 Å². The number of hydrogen-bond acceptors (Lipinski definition) is 2. The molecule has 4 N–H and O–H groups in total. The zero-order chi connectivity index (χ0) is 17.7. The monoisotopic (exact) mass is 354 g/mol. The average molecular weight is 355 g/mol. The lowest BCUT2D eigenvalue weighted by Gasteiger charge is -2.37. The van der Waals surface area contributed by atoms with Crippen LogP contribution >= 0.6 is 11.6 Å². The highest BCUT2D eigenvalue weighted by Crippen LogP contribution is 2.27. The number of guanidine groups is 1. The second-order valence-corrected chi connectivity index (χ2v) is 6.71. The average Bonchev–Trinajstić information content (AvgIpc) is 2.63. The number of benzene rings is 2. The largest absolute Gasteiger partial charge is 0.334 e. The van der Waals surface area contributed by atoms with Gasteiger partial charge in [0.25, 0.3) is 0 Å². The Morgan fingerprint density at radius 2 is 1.84 bits per heavy atom. The van der Waals surface area contributed by atoms with Crippen molar-refractivity contribution >= 4 is 17.6 Å². The number of aliphatic imine (C=N–C) groups is 1. The fourth-order valence-corrected chi connectivity index (χ4v) is 2.97. The molecule has 0 saturated carbocycles. The van der Waals surface area contributed by atoms with Gasteiger partial charge >= 0.3 is 0 Å². The van der Waals surface area contributed by atoms with E-state index in [1.54, 1.807) is 0 Å². The van der Waals surface area contributed by atoms with Crippen molar-refractivity contribution < 1.29 is 0 Å². The van der Waals surface area contributed by atoms with Crippen LogP contribution in [0.1, 0.15) is 24.0 Å². The van der Waals surface area contributed by atoms with Crippen LogP contribution in [0.15, 0.2) is 71.9 Å². The third-order valence-corrected chi connectivity index (χ3v) is 4.77. The van der Waals surface area contributed by atoms with E-state index in [4.69, 9.17) is 17.3 Å². The van der Waals surface area contributed by atoms with Gasteiger partial charge in [0.2, 0.25) is 0 Å². The summed E-state index contributed by atoms with van der Waals surface area (Å²) < 4.78 is 0. The first-order valence-corrected chi connectivity index (χ1v) is 8.80. The Morgan fingerprint density at radius 3 is 2.56 bits per heavy atom. The standard InChI is InChI=1S/C20H23ClN4/c1-15(17-7-9-18(21)10-8-17)20(22)12-14-24-19(25-20)23-13-11-16-5-3-2-4-6-16/h2-10,12,14-15H,11,13,22H2,1H3,(H2,23,24,25). The van der Waals surface area contributed by atoms with Crippen molar-refractivity contribution in [3.63, 3.8) is 0 Å². The van der Waals surface area contributed by atoms with E-state index in [0.29, 0.717) is 12.5 Å². The van der Waals surface area contributed by atoms with E-state index in [1.165, 1.54) is 5.56 Å². The van der Waals surface area contributed by atoms with E-state index in [2.05, 4.69) is 34.7 Å². The summed E-state index contributed by atoms with van der Waals surface area (Å²) in [7, 11) is 0. The first-order chi connectivity index (χ1) is 12.1. The maximum absolute atomic E-state index is 6.59. The Bertz CT molecular complexity index is 755. The lowest BCUT2D eigenvalue weighted by atomic mass is 9.87. The first kappa shape index (κ1) is 17.5. The van der Waals surface area contributed by atoms with E-state index in [1.807, 2.05) is 54.7 Å². The van der Waals surface area contributed by atoms with Gasteiger partial charge in [-0.2, -0.15) is 0 Å². The van der Waals surface area contributed by atoms with Gasteiger partial charge in [-0.15, -0.1) is 0 Å². The predicted octanol–water partition coefficient (Wildman–Crippen LogP) is 3.40. The van der Waals surface area contributed by atoms with Gasteiger partial charge < -0.3 is 16.4 Å². The van der Waals surface area contributed by atoms with Crippen LogP contribution in [0.5, 0.6) is 0 Å². The Kier molecular flexibility index (Phi) is 5.41. The highest BCUT2D eigenvalue weighted by molar-refractivity contribution is 6.30. The summed E-state index contributed by atoms with van der Waals surface area (Å²) >= 11 is 5.98. The Hall–Kier alpha value is -2.30. The van der Waals surface area contributed by atoms with Crippen molar-refractivity contribution in [2.24, 2.45) is 10.7 Å². The van der Waals surface area contributed by atoms with Crippen LogP contribution in [0.3, 0.4) is 0 Å². The van der Waals surface area contributed by atoms with Crippen molar-refractivity contribution in [3.05, 3.63) is 83.0 Å². The molecule has 2 atom stereocenters. The highest BCUT2D eigenvalue weighted by atomic mass is 35.5. The van der Waals surface area contributed by atoms with Crippen LogP contribution in [0.2, 0.25) is 5.02 Å². The molecule has 0 radical (unpaired) electrons. The van der Waals surface area contributed by atoms with Gasteiger partial charge in [-0.05, 0) is 35.8 Å². The molecule has 3 rings (SSSR count). The summed E-state index contributed by atoms with van der Waals surface area (Å²) in [6, 6.07) is 18.1. The summed E-state index contributed by atoms with van der Waals surface area (Å²) in [6.45, 7) is 2.78. The molecule has 130 valence electrons. The van der Waals surface area contributed by atoms with Gasteiger partial charge in [0, 0.05) is 23.7 Å². The first-order valence-electron chi connectivity index (χ1n) is 8.42. The molecule has 1 heterocycles. The number of halogens is 1. The lowest BCUT2D eigenvalue weighted by Crippen LogP contribution is -2.62. The van der Waals surface area contributed by atoms with E-state index in [9.17, 15) is 0 Å². The van der Waals surface area contributed by atoms with Crippen LogP contribution in [-0.4, -0.2) is 18.2 Å². The van der Waals surface area contributed by atoms with Crippen molar-refractivity contribution in [1.29, 1.82) is 0 Å². The third kappa shape index (κ3) is 4.41. The number of nitrogens with two attached hydrogens (primary N) is 1. The molecule has 1 aliphatic rings. The molecular formula is C20H23ClN4. The molecule has 2 unspecified atom stereocenters. The molecule has 1 aliphatic heterocycles. The molecular weight excluding hydrogens is 332 g/mol. The molecule has 0 amide bonds. The minimum Gasteiger partial charge on any atom is -0.334 e. The minimum atomic E-state index is -0.704. The Balaban J connectivity index is 1.67. The smallest absolute Gasteiger partial charge is 0.197 e. The molecule has 4 nitrogen and oxygen atoms in total. The molecule has 2 aromatic rings. The minimum absolute atomic E-state index is 0.0578. The van der Waals surface area contributed by atoms with E-state index in [-0.39, 0.29) is 5.92 Å². The molecule has 0 saturated heterocycles. The number of nitrogens with one attached hydrogen (secondary N) is 2. The number of rotatable bonds is 5. The molecule has 0 bridgehead atoms. The second kappa shape index (κ2) is 7.72. The summed E-state index contributed by atoms with van der Waals surface area (Å²) in [5.74, 6) is 0.754. The van der Waals surface area contributed by atoms with Crippen LogP contribution in [0, 0.1) is 0 Å². The third-order valence-electron chi connectivity index (χ3n) is 4.51. The quantitative estimate of drug-likeness (QED) is 0.771. The summed E-state index contributed by atoms with van der Waals surface area (Å²) in [5, 5.41) is 7.18. The van der Waals surface area contributed by atoms with Gasteiger partial charge in [-0.1, -0.05) is 61.0 Å².